The summed E-state index contributed by atoms with van der Waals surface area (Å²) in [4.78, 5) is 24.6. The van der Waals surface area contributed by atoms with Crippen molar-refractivity contribution in [1.82, 2.24) is 5.32 Å². The van der Waals surface area contributed by atoms with Crippen LogP contribution in [0.25, 0.3) is 0 Å². The highest BCUT2D eigenvalue weighted by Crippen LogP contribution is 2.17. The summed E-state index contributed by atoms with van der Waals surface area (Å²) in [6.45, 7) is 6.37. The maximum absolute atomic E-state index is 12.3. The predicted octanol–water partition coefficient (Wildman–Crippen LogP) is 4.84. The minimum atomic E-state index is -0.331. The Labute approximate surface area is 189 Å². The predicted molar refractivity (Wildman–Crippen MR) is 128 cm³/mol. The maximum atomic E-state index is 12.3. The van der Waals surface area contributed by atoms with Gasteiger partial charge < -0.3 is 20.7 Å². The Morgan fingerprint density at radius 3 is 2.25 bits per heavy atom. The Bertz CT molecular complexity index is 1040. The largest absolute Gasteiger partial charge is 0.489 e. The molecular weight excluding hydrogens is 402 g/mol. The number of carbonyl (C=O) groups is 2. The third-order valence-corrected chi connectivity index (χ3v) is 4.45. The van der Waals surface area contributed by atoms with Crippen molar-refractivity contribution in [3.05, 3.63) is 90.0 Å². The van der Waals surface area contributed by atoms with Crippen LogP contribution in [-0.4, -0.2) is 23.9 Å². The zero-order chi connectivity index (χ0) is 23.0. The van der Waals surface area contributed by atoms with Crippen LogP contribution in [0, 0.1) is 0 Å². The molecule has 2 amide bonds. The van der Waals surface area contributed by atoms with E-state index in [0.717, 1.165) is 17.0 Å². The van der Waals surface area contributed by atoms with Gasteiger partial charge >= 0.3 is 0 Å². The monoisotopic (exact) mass is 431 g/mol. The Kier molecular flexibility index (Phi) is 7.49. The lowest BCUT2D eigenvalue weighted by molar-refractivity contribution is -0.114. The fraction of sp³-hybridized carbons (Fsp3) is 0.231. The Hall–Kier alpha value is -3.80. The van der Waals surface area contributed by atoms with Crippen LogP contribution < -0.4 is 20.7 Å². The molecule has 0 heterocycles. The molecule has 0 bridgehead atoms. The average Bonchev–Trinajstić information content (AvgIpc) is 2.77. The molecule has 0 unspecified atom stereocenters. The quantitative estimate of drug-likeness (QED) is 0.477. The molecule has 3 aromatic carbocycles. The van der Waals surface area contributed by atoms with E-state index in [0.29, 0.717) is 17.9 Å². The van der Waals surface area contributed by atoms with Crippen LogP contribution in [0.1, 0.15) is 36.7 Å². The topological polar surface area (TPSA) is 79.5 Å². The first-order chi connectivity index (χ1) is 15.3. The van der Waals surface area contributed by atoms with Gasteiger partial charge in [-0.1, -0.05) is 36.4 Å². The average molecular weight is 432 g/mol. The third kappa shape index (κ3) is 7.47. The van der Waals surface area contributed by atoms with Crippen molar-refractivity contribution in [2.24, 2.45) is 0 Å². The minimum Gasteiger partial charge on any atom is -0.489 e. The normalized spacial score (nSPS) is 10.8. The standard InChI is InChI=1S/C26H29N3O3/c1-26(2,3)29-25(31)20-10-7-11-22(16-20)28-24(30)17-27-21-12-14-23(15-13-21)32-18-19-8-5-4-6-9-19/h4-16,27H,17-18H2,1-3H3,(H,28,30)(H,29,31). The molecule has 0 aliphatic carbocycles. The van der Waals surface area contributed by atoms with Crippen LogP contribution in [0.5, 0.6) is 5.75 Å². The minimum absolute atomic E-state index is 0.0998. The summed E-state index contributed by atoms with van der Waals surface area (Å²) in [5.41, 5.74) is 2.65. The number of benzene rings is 3. The van der Waals surface area contributed by atoms with Crippen molar-refractivity contribution < 1.29 is 14.3 Å². The maximum Gasteiger partial charge on any atom is 0.251 e. The molecule has 6 nitrogen and oxygen atoms in total. The first-order valence-corrected chi connectivity index (χ1v) is 10.5. The summed E-state index contributed by atoms with van der Waals surface area (Å²) < 4.78 is 5.77. The molecule has 3 N–H and O–H groups in total. The van der Waals surface area contributed by atoms with Crippen LogP contribution in [0.15, 0.2) is 78.9 Å². The third-order valence-electron chi connectivity index (χ3n) is 4.45. The molecule has 0 saturated heterocycles. The molecule has 0 radical (unpaired) electrons. The second-order valence-electron chi connectivity index (χ2n) is 8.49. The van der Waals surface area contributed by atoms with Crippen LogP contribution >= 0.6 is 0 Å². The van der Waals surface area contributed by atoms with Gasteiger partial charge in [-0.05, 0) is 68.8 Å². The smallest absolute Gasteiger partial charge is 0.251 e. The first-order valence-electron chi connectivity index (χ1n) is 10.5. The summed E-state index contributed by atoms with van der Waals surface area (Å²) in [6.07, 6.45) is 0. The summed E-state index contributed by atoms with van der Waals surface area (Å²) >= 11 is 0. The molecule has 0 aromatic heterocycles. The van der Waals surface area contributed by atoms with Crippen molar-refractivity contribution in [1.29, 1.82) is 0 Å². The Morgan fingerprint density at radius 2 is 1.56 bits per heavy atom. The molecule has 0 fully saturated rings. The van der Waals surface area contributed by atoms with Crippen LogP contribution in [-0.2, 0) is 11.4 Å². The van der Waals surface area contributed by atoms with Gasteiger partial charge in [0, 0.05) is 22.5 Å². The first kappa shape index (κ1) is 22.9. The molecule has 0 aliphatic heterocycles. The van der Waals surface area contributed by atoms with E-state index in [2.05, 4.69) is 16.0 Å². The molecule has 0 atom stereocenters. The van der Waals surface area contributed by atoms with Gasteiger partial charge in [0.15, 0.2) is 0 Å². The SMILES string of the molecule is CC(C)(C)NC(=O)c1cccc(NC(=O)CNc2ccc(OCc3ccccc3)cc2)c1. The van der Waals surface area contributed by atoms with Gasteiger partial charge in [-0.2, -0.15) is 0 Å². The number of nitrogens with one attached hydrogen (secondary N) is 3. The van der Waals surface area contributed by atoms with E-state index in [4.69, 9.17) is 4.74 Å². The van der Waals surface area contributed by atoms with Gasteiger partial charge in [-0.25, -0.2) is 0 Å². The van der Waals surface area contributed by atoms with Crippen molar-refractivity contribution in [2.45, 2.75) is 32.9 Å². The van der Waals surface area contributed by atoms with Crippen LogP contribution in [0.2, 0.25) is 0 Å². The molecule has 0 saturated carbocycles. The van der Waals surface area contributed by atoms with Crippen molar-refractivity contribution in [2.75, 3.05) is 17.2 Å². The number of hydrogen-bond donors (Lipinski definition) is 3. The zero-order valence-corrected chi connectivity index (χ0v) is 18.6. The number of amides is 2. The van der Waals surface area contributed by atoms with Gasteiger partial charge in [0.2, 0.25) is 5.91 Å². The Morgan fingerprint density at radius 1 is 0.844 bits per heavy atom. The van der Waals surface area contributed by atoms with E-state index in [1.807, 2.05) is 75.4 Å². The lowest BCUT2D eigenvalue weighted by Gasteiger charge is -2.20. The van der Waals surface area contributed by atoms with Crippen LogP contribution in [0.4, 0.5) is 11.4 Å². The fourth-order valence-corrected chi connectivity index (χ4v) is 2.95. The van der Waals surface area contributed by atoms with E-state index in [-0.39, 0.29) is 23.9 Å². The molecule has 32 heavy (non-hydrogen) atoms. The molecule has 3 rings (SSSR count). The van der Waals surface area contributed by atoms with Gasteiger partial charge in [0.05, 0.1) is 6.54 Å². The molecular formula is C26H29N3O3. The van der Waals surface area contributed by atoms with E-state index in [9.17, 15) is 9.59 Å². The van der Waals surface area contributed by atoms with E-state index in [1.54, 1.807) is 24.3 Å². The molecule has 0 aliphatic rings. The van der Waals surface area contributed by atoms with Crippen molar-refractivity contribution in [3.63, 3.8) is 0 Å². The lowest BCUT2D eigenvalue weighted by Crippen LogP contribution is -2.40. The van der Waals surface area contributed by atoms with Gasteiger partial charge in [0.25, 0.3) is 5.91 Å². The number of ether oxygens (including phenoxy) is 1. The number of hydrogen-bond acceptors (Lipinski definition) is 4. The van der Waals surface area contributed by atoms with Crippen molar-refractivity contribution in [3.8, 4) is 5.75 Å². The van der Waals surface area contributed by atoms with Crippen LogP contribution in [0.3, 0.4) is 0 Å². The number of carbonyl (C=O) groups excluding carboxylic acids is 2. The number of rotatable bonds is 8. The lowest BCUT2D eigenvalue weighted by atomic mass is 10.1. The summed E-state index contributed by atoms with van der Waals surface area (Å²) in [7, 11) is 0. The fourth-order valence-electron chi connectivity index (χ4n) is 2.95. The molecule has 166 valence electrons. The zero-order valence-electron chi connectivity index (χ0n) is 18.6. The van der Waals surface area contributed by atoms with Gasteiger partial charge in [-0.15, -0.1) is 0 Å². The molecule has 3 aromatic rings. The molecule has 0 spiro atoms. The van der Waals surface area contributed by atoms with E-state index >= 15 is 0 Å². The van der Waals surface area contributed by atoms with E-state index < -0.39 is 0 Å². The molecule has 6 heteroatoms. The summed E-state index contributed by atoms with van der Waals surface area (Å²) in [6, 6.07) is 24.3. The van der Waals surface area contributed by atoms with Gasteiger partial charge in [0.1, 0.15) is 12.4 Å². The van der Waals surface area contributed by atoms with Gasteiger partial charge in [-0.3, -0.25) is 9.59 Å². The highest BCUT2D eigenvalue weighted by molar-refractivity contribution is 5.98. The second kappa shape index (κ2) is 10.5. The second-order valence-corrected chi connectivity index (χ2v) is 8.49. The highest BCUT2D eigenvalue weighted by Gasteiger charge is 2.15. The van der Waals surface area contributed by atoms with E-state index in [1.165, 1.54) is 0 Å². The Balaban J connectivity index is 1.47. The summed E-state index contributed by atoms with van der Waals surface area (Å²) in [5.74, 6) is 0.373. The number of anilines is 2. The van der Waals surface area contributed by atoms with Crippen molar-refractivity contribution >= 4 is 23.2 Å². The summed E-state index contributed by atoms with van der Waals surface area (Å²) in [5, 5.41) is 8.81. The highest BCUT2D eigenvalue weighted by atomic mass is 16.5.